The van der Waals surface area contributed by atoms with Crippen LogP contribution < -0.4 is 0 Å². The van der Waals surface area contributed by atoms with Gasteiger partial charge in [-0.05, 0) is 31.4 Å². The number of hydrogen-bond donors (Lipinski definition) is 0. The van der Waals surface area contributed by atoms with Crippen LogP contribution in [-0.4, -0.2) is 26.6 Å². The van der Waals surface area contributed by atoms with Gasteiger partial charge in [0, 0.05) is 12.0 Å². The standard InChI is InChI=1S/C16H16N4O/c1-2-6-13-12(5-1)8-9-14(17-13)15-11-20(19-18-15)16-7-3-4-10-21-16/h1-2,5-6,8-9,11,16H,3-4,7,10H2/t16-/m1/s1. The third-order valence-corrected chi connectivity index (χ3v) is 3.82. The van der Waals surface area contributed by atoms with Crippen LogP contribution in [0.5, 0.6) is 0 Å². The quantitative estimate of drug-likeness (QED) is 0.723. The zero-order valence-corrected chi connectivity index (χ0v) is 11.6. The van der Waals surface area contributed by atoms with Crippen LogP contribution in [0.2, 0.25) is 0 Å². The van der Waals surface area contributed by atoms with E-state index in [1.165, 1.54) is 6.42 Å². The minimum Gasteiger partial charge on any atom is -0.356 e. The Bertz CT molecular complexity index is 762. The normalized spacial score (nSPS) is 19.0. The van der Waals surface area contributed by atoms with Gasteiger partial charge in [0.15, 0.2) is 6.23 Å². The van der Waals surface area contributed by atoms with E-state index in [0.717, 1.165) is 41.7 Å². The summed E-state index contributed by atoms with van der Waals surface area (Å²) in [6.45, 7) is 0.800. The van der Waals surface area contributed by atoms with Crippen molar-refractivity contribution in [1.82, 2.24) is 20.0 Å². The summed E-state index contributed by atoms with van der Waals surface area (Å²) in [4.78, 5) is 4.65. The van der Waals surface area contributed by atoms with E-state index in [1.54, 1.807) is 0 Å². The Morgan fingerprint density at radius 3 is 2.90 bits per heavy atom. The fraction of sp³-hybridized carbons (Fsp3) is 0.312. The minimum absolute atomic E-state index is 0.0143. The van der Waals surface area contributed by atoms with Gasteiger partial charge in [-0.1, -0.05) is 29.5 Å². The van der Waals surface area contributed by atoms with Gasteiger partial charge in [-0.15, -0.1) is 5.10 Å². The number of rotatable bonds is 2. The van der Waals surface area contributed by atoms with Crippen LogP contribution in [-0.2, 0) is 4.74 Å². The predicted molar refractivity (Wildman–Crippen MR) is 79.6 cm³/mol. The van der Waals surface area contributed by atoms with Gasteiger partial charge in [-0.2, -0.15) is 0 Å². The number of benzene rings is 1. The Hall–Kier alpha value is -2.27. The zero-order chi connectivity index (χ0) is 14.1. The lowest BCUT2D eigenvalue weighted by Gasteiger charge is -2.21. The third kappa shape index (κ3) is 2.40. The molecule has 0 amide bonds. The smallest absolute Gasteiger partial charge is 0.151 e. The number of ether oxygens (including phenoxy) is 1. The molecule has 1 atom stereocenters. The van der Waals surface area contributed by atoms with Gasteiger partial charge >= 0.3 is 0 Å². The number of fused-ring (bicyclic) bond motifs is 1. The van der Waals surface area contributed by atoms with Crippen molar-refractivity contribution in [2.45, 2.75) is 25.5 Å². The Labute approximate surface area is 122 Å². The molecule has 0 bridgehead atoms. The van der Waals surface area contributed by atoms with Crippen molar-refractivity contribution in [2.75, 3.05) is 6.61 Å². The van der Waals surface area contributed by atoms with E-state index in [0.29, 0.717) is 0 Å². The van der Waals surface area contributed by atoms with Crippen LogP contribution in [0, 0.1) is 0 Å². The fourth-order valence-electron chi connectivity index (χ4n) is 2.68. The molecule has 1 aliphatic rings. The van der Waals surface area contributed by atoms with Crippen molar-refractivity contribution < 1.29 is 4.74 Å². The first-order chi connectivity index (χ1) is 10.4. The second kappa shape index (κ2) is 5.26. The van der Waals surface area contributed by atoms with Crippen LogP contribution in [0.3, 0.4) is 0 Å². The highest BCUT2D eigenvalue weighted by Crippen LogP contribution is 2.24. The highest BCUT2D eigenvalue weighted by atomic mass is 16.5. The molecule has 1 aliphatic heterocycles. The first-order valence-electron chi connectivity index (χ1n) is 7.30. The van der Waals surface area contributed by atoms with Crippen LogP contribution in [0.4, 0.5) is 0 Å². The molecule has 5 nitrogen and oxygen atoms in total. The zero-order valence-electron chi connectivity index (χ0n) is 11.6. The first-order valence-corrected chi connectivity index (χ1v) is 7.30. The van der Waals surface area contributed by atoms with E-state index in [9.17, 15) is 0 Å². The summed E-state index contributed by atoms with van der Waals surface area (Å²) in [7, 11) is 0. The minimum atomic E-state index is 0.0143. The molecule has 0 radical (unpaired) electrons. The van der Waals surface area contributed by atoms with Crippen LogP contribution in [0.15, 0.2) is 42.6 Å². The molecule has 2 aromatic heterocycles. The highest BCUT2D eigenvalue weighted by Gasteiger charge is 2.17. The van der Waals surface area contributed by atoms with Crippen molar-refractivity contribution in [3.05, 3.63) is 42.6 Å². The highest BCUT2D eigenvalue weighted by molar-refractivity contribution is 5.80. The maximum atomic E-state index is 5.72. The van der Waals surface area contributed by atoms with Gasteiger partial charge in [0.25, 0.3) is 0 Å². The average Bonchev–Trinajstić information content (AvgIpc) is 3.05. The molecule has 0 unspecified atom stereocenters. The lowest BCUT2D eigenvalue weighted by molar-refractivity contribution is -0.0404. The van der Waals surface area contributed by atoms with Gasteiger partial charge in [-0.3, -0.25) is 0 Å². The largest absolute Gasteiger partial charge is 0.356 e. The lowest BCUT2D eigenvalue weighted by Crippen LogP contribution is -2.18. The van der Waals surface area contributed by atoms with E-state index in [4.69, 9.17) is 4.74 Å². The second-order valence-electron chi connectivity index (χ2n) is 5.29. The number of hydrogen-bond acceptors (Lipinski definition) is 4. The molecule has 0 spiro atoms. The van der Waals surface area contributed by atoms with Crippen molar-refractivity contribution in [1.29, 1.82) is 0 Å². The Balaban J connectivity index is 1.67. The van der Waals surface area contributed by atoms with Gasteiger partial charge in [0.1, 0.15) is 5.69 Å². The number of nitrogens with zero attached hydrogens (tertiary/aromatic N) is 4. The van der Waals surface area contributed by atoms with Crippen LogP contribution >= 0.6 is 0 Å². The summed E-state index contributed by atoms with van der Waals surface area (Å²) in [5.41, 5.74) is 2.60. The first kappa shape index (κ1) is 12.5. The van der Waals surface area contributed by atoms with Crippen molar-refractivity contribution in [3.8, 4) is 11.4 Å². The monoisotopic (exact) mass is 280 g/mol. The number of aromatic nitrogens is 4. The molecule has 5 heteroatoms. The van der Waals surface area contributed by atoms with Gasteiger partial charge in [0.2, 0.25) is 0 Å². The van der Waals surface area contributed by atoms with E-state index in [2.05, 4.69) is 27.4 Å². The molecule has 1 saturated heterocycles. The van der Waals surface area contributed by atoms with Gasteiger partial charge < -0.3 is 4.74 Å². The SMILES string of the molecule is c1ccc2nc(-c3cn([C@H]4CCCCO4)nn3)ccc2c1. The molecule has 1 aromatic carbocycles. The second-order valence-corrected chi connectivity index (χ2v) is 5.29. The summed E-state index contributed by atoms with van der Waals surface area (Å²) in [6, 6.07) is 12.1. The summed E-state index contributed by atoms with van der Waals surface area (Å²) in [5.74, 6) is 0. The van der Waals surface area contributed by atoms with Gasteiger partial charge in [-0.25, -0.2) is 9.67 Å². The molecule has 3 aromatic rings. The molecule has 1 fully saturated rings. The summed E-state index contributed by atoms with van der Waals surface area (Å²) in [6.07, 6.45) is 5.24. The maximum Gasteiger partial charge on any atom is 0.151 e. The maximum absolute atomic E-state index is 5.72. The summed E-state index contributed by atoms with van der Waals surface area (Å²) in [5, 5.41) is 9.57. The molecule has 106 valence electrons. The predicted octanol–water partition coefficient (Wildman–Crippen LogP) is 3.19. The summed E-state index contributed by atoms with van der Waals surface area (Å²) >= 11 is 0. The molecule has 0 saturated carbocycles. The van der Waals surface area contributed by atoms with Crippen LogP contribution in [0.1, 0.15) is 25.5 Å². The van der Waals surface area contributed by atoms with E-state index in [-0.39, 0.29) is 6.23 Å². The molecule has 3 heterocycles. The lowest BCUT2D eigenvalue weighted by atomic mass is 10.2. The molecular weight excluding hydrogens is 264 g/mol. The third-order valence-electron chi connectivity index (χ3n) is 3.82. The number of para-hydroxylation sites is 1. The molecule has 0 aliphatic carbocycles. The van der Waals surface area contributed by atoms with Crippen molar-refractivity contribution in [3.63, 3.8) is 0 Å². The molecule has 0 N–H and O–H groups in total. The Kier molecular flexibility index (Phi) is 3.12. The Morgan fingerprint density at radius 1 is 1.05 bits per heavy atom. The van der Waals surface area contributed by atoms with Crippen molar-refractivity contribution >= 4 is 10.9 Å². The molecule has 21 heavy (non-hydrogen) atoms. The fourth-order valence-corrected chi connectivity index (χ4v) is 2.68. The topological polar surface area (TPSA) is 52.8 Å². The van der Waals surface area contributed by atoms with Crippen molar-refractivity contribution in [2.24, 2.45) is 0 Å². The van der Waals surface area contributed by atoms with E-state index < -0.39 is 0 Å². The van der Waals surface area contributed by atoms with Gasteiger partial charge in [0.05, 0.1) is 17.4 Å². The molecular formula is C16H16N4O. The average molecular weight is 280 g/mol. The number of pyridine rings is 1. The Morgan fingerprint density at radius 2 is 2.00 bits per heavy atom. The molecule has 4 rings (SSSR count). The van der Waals surface area contributed by atoms with E-state index in [1.807, 2.05) is 35.1 Å². The van der Waals surface area contributed by atoms with E-state index >= 15 is 0 Å². The summed E-state index contributed by atoms with van der Waals surface area (Å²) < 4.78 is 7.53. The van der Waals surface area contributed by atoms with Crippen LogP contribution in [0.25, 0.3) is 22.3 Å².